The Morgan fingerprint density at radius 3 is 2.21 bits per heavy atom. The largest absolute Gasteiger partial charge is 0.776 e. The quantitative estimate of drug-likeness (QED) is 0.501. The van der Waals surface area contributed by atoms with Gasteiger partial charge in [0.2, 0.25) is 0 Å². The minimum absolute atomic E-state index is 0.407. The van der Waals surface area contributed by atoms with Gasteiger partial charge in [-0.3, -0.25) is 8.92 Å². The average molecular weight is 234 g/mol. The summed E-state index contributed by atoms with van der Waals surface area (Å²) in [6.07, 6.45) is 1.14. The Bertz CT molecular complexity index is 280. The molecule has 3 aliphatic heterocycles. The van der Waals surface area contributed by atoms with Crippen LogP contribution in [-0.2, 0) is 31.4 Å². The van der Waals surface area contributed by atoms with Gasteiger partial charge < -0.3 is 22.4 Å². The smallest absolute Gasteiger partial charge is 0.450 e. The van der Waals surface area contributed by atoms with Crippen molar-refractivity contribution in [3.63, 3.8) is 0 Å². The van der Waals surface area contributed by atoms with Crippen LogP contribution in [0.25, 0.3) is 0 Å². The van der Waals surface area contributed by atoms with Crippen LogP contribution in [0.5, 0.6) is 0 Å². The summed E-state index contributed by atoms with van der Waals surface area (Å²) in [5.74, 6) is -2.81. The van der Waals surface area contributed by atoms with Gasteiger partial charge in [0, 0.05) is 6.42 Å². The molecular formula is C5H6O7Si2. The molecule has 7 nitrogen and oxygen atoms in total. The van der Waals surface area contributed by atoms with Gasteiger partial charge in [-0.15, -0.1) is 0 Å². The maximum atomic E-state index is 10.8. The van der Waals surface area contributed by atoms with E-state index in [1.807, 2.05) is 0 Å². The number of ether oxygens (including phenoxy) is 1. The topological polar surface area (TPSA) is 80.3 Å². The second-order valence-corrected chi connectivity index (χ2v) is 4.99. The third kappa shape index (κ3) is 0.841. The fourth-order valence-electron chi connectivity index (χ4n) is 1.72. The summed E-state index contributed by atoms with van der Waals surface area (Å²) in [6, 6.07) is 0. The molecule has 0 N–H and O–H groups in total. The number of hydrogen-bond donors (Lipinski definition) is 0. The summed E-state index contributed by atoms with van der Waals surface area (Å²) in [7, 11) is -4.93. The molecule has 0 aromatic heterocycles. The highest BCUT2D eigenvalue weighted by Crippen LogP contribution is 2.48. The van der Waals surface area contributed by atoms with Crippen molar-refractivity contribution in [3.05, 3.63) is 0 Å². The lowest BCUT2D eigenvalue weighted by atomic mass is 10.1. The van der Waals surface area contributed by atoms with E-state index >= 15 is 0 Å². The van der Waals surface area contributed by atoms with Crippen LogP contribution >= 0.6 is 0 Å². The maximum Gasteiger partial charge on any atom is 0.776 e. The highest BCUT2D eigenvalue weighted by Gasteiger charge is 2.77. The zero-order valence-electron chi connectivity index (χ0n) is 6.98. The highest BCUT2D eigenvalue weighted by molar-refractivity contribution is 6.31. The van der Waals surface area contributed by atoms with Crippen molar-refractivity contribution in [1.29, 1.82) is 0 Å². The molecule has 14 heavy (non-hydrogen) atoms. The van der Waals surface area contributed by atoms with E-state index in [0.717, 1.165) is 0 Å². The lowest BCUT2D eigenvalue weighted by molar-refractivity contribution is -0.509. The first-order chi connectivity index (χ1) is 6.66. The molecule has 0 aliphatic carbocycles. The molecule has 3 heterocycles. The zero-order valence-corrected chi connectivity index (χ0v) is 8.98. The zero-order chi connectivity index (χ0) is 9.81. The van der Waals surface area contributed by atoms with Crippen LogP contribution in [-0.4, -0.2) is 36.7 Å². The van der Waals surface area contributed by atoms with Crippen LogP contribution in [0.1, 0.15) is 12.8 Å². The lowest BCUT2D eigenvalue weighted by Crippen LogP contribution is -2.77. The van der Waals surface area contributed by atoms with Gasteiger partial charge in [-0.1, -0.05) is 0 Å². The molecule has 3 aliphatic rings. The first-order valence-electron chi connectivity index (χ1n) is 4.14. The molecule has 0 saturated carbocycles. The monoisotopic (exact) mass is 234 g/mol. The summed E-state index contributed by atoms with van der Waals surface area (Å²) in [5.41, 5.74) is 0. The van der Waals surface area contributed by atoms with Gasteiger partial charge in [0.05, 0.1) is 6.61 Å². The molecule has 0 amide bonds. The average Bonchev–Trinajstić information content (AvgIpc) is 2.04. The Kier molecular flexibility index (Phi) is 1.46. The molecule has 0 bridgehead atoms. The van der Waals surface area contributed by atoms with Gasteiger partial charge in [-0.05, 0) is 6.42 Å². The Labute approximate surface area is 81.7 Å². The Morgan fingerprint density at radius 2 is 1.64 bits per heavy atom. The van der Waals surface area contributed by atoms with Crippen molar-refractivity contribution in [2.75, 3.05) is 6.61 Å². The highest BCUT2D eigenvalue weighted by atomic mass is 28.3. The summed E-state index contributed by atoms with van der Waals surface area (Å²) >= 11 is 0. The van der Waals surface area contributed by atoms with Crippen LogP contribution in [0.2, 0.25) is 0 Å². The van der Waals surface area contributed by atoms with Crippen molar-refractivity contribution in [1.82, 2.24) is 0 Å². The molecule has 0 radical (unpaired) electrons. The fourth-order valence-corrected chi connectivity index (χ4v) is 3.61. The summed E-state index contributed by atoms with van der Waals surface area (Å²) < 4.78 is 46.5. The molecule has 0 atom stereocenters. The van der Waals surface area contributed by atoms with Crippen molar-refractivity contribution in [2.24, 2.45) is 0 Å². The molecule has 9 heteroatoms. The standard InChI is InChI=1S/C5H6O7Si2/c6-13-9-4(10-13)2-1-3-8-5(4)11-14(7)12-5/h1-3H2. The van der Waals surface area contributed by atoms with E-state index in [2.05, 4.69) is 0 Å². The van der Waals surface area contributed by atoms with Crippen molar-refractivity contribution in [2.45, 2.75) is 24.6 Å². The molecule has 0 aromatic rings. The van der Waals surface area contributed by atoms with Crippen LogP contribution in [0.4, 0.5) is 0 Å². The predicted molar refractivity (Wildman–Crippen MR) is 37.9 cm³/mol. The second-order valence-electron chi connectivity index (χ2n) is 3.17. The van der Waals surface area contributed by atoms with Gasteiger partial charge in [-0.25, -0.2) is 0 Å². The van der Waals surface area contributed by atoms with E-state index in [0.29, 0.717) is 19.4 Å². The first-order valence-corrected chi connectivity index (χ1v) is 6.59. The van der Waals surface area contributed by atoms with Crippen LogP contribution < -0.4 is 0 Å². The molecule has 76 valence electrons. The van der Waals surface area contributed by atoms with Crippen LogP contribution in [0.3, 0.4) is 0 Å². The summed E-state index contributed by atoms with van der Waals surface area (Å²) in [4.78, 5) is 0. The molecule has 2 spiro atoms. The van der Waals surface area contributed by atoms with E-state index in [4.69, 9.17) is 22.4 Å². The van der Waals surface area contributed by atoms with Crippen molar-refractivity contribution < 1.29 is 31.4 Å². The SMILES string of the molecule is O=[Si]1OC2(CCCOC23O[Si](=O)O3)O1. The Hall–Kier alpha value is -0.806. The number of rotatable bonds is 0. The number of fused-ring (bicyclic) bond motifs is 1. The van der Waals surface area contributed by atoms with Gasteiger partial charge >= 0.3 is 30.1 Å². The van der Waals surface area contributed by atoms with Gasteiger partial charge in [0.25, 0.3) is 0 Å². The lowest BCUT2D eigenvalue weighted by Gasteiger charge is -2.55. The molecule has 3 fully saturated rings. The van der Waals surface area contributed by atoms with Crippen molar-refractivity contribution in [3.8, 4) is 0 Å². The second kappa shape index (κ2) is 2.41. The van der Waals surface area contributed by atoms with Gasteiger partial charge in [-0.2, -0.15) is 0 Å². The third-order valence-electron chi connectivity index (χ3n) is 2.34. The van der Waals surface area contributed by atoms with E-state index in [1.165, 1.54) is 0 Å². The summed E-state index contributed by atoms with van der Waals surface area (Å²) in [5, 5.41) is 0. The first kappa shape index (κ1) is 8.50. The van der Waals surface area contributed by atoms with Gasteiger partial charge in [0.1, 0.15) is 0 Å². The minimum Gasteiger partial charge on any atom is -0.450 e. The molecule has 3 saturated heterocycles. The van der Waals surface area contributed by atoms with Gasteiger partial charge in [0.15, 0.2) is 0 Å². The molecule has 0 unspecified atom stereocenters. The fraction of sp³-hybridized carbons (Fsp3) is 1.00. The van der Waals surface area contributed by atoms with Crippen molar-refractivity contribution >= 4 is 18.3 Å². The van der Waals surface area contributed by atoms with E-state index in [1.54, 1.807) is 0 Å². The summed E-state index contributed by atoms with van der Waals surface area (Å²) in [6.45, 7) is 0.407. The maximum absolute atomic E-state index is 10.8. The third-order valence-corrected chi connectivity index (χ3v) is 4.20. The molecule has 3 rings (SSSR count). The Balaban J connectivity index is 1.87. The predicted octanol–water partition coefficient (Wildman–Crippen LogP) is -0.929. The number of hydrogen-bond acceptors (Lipinski definition) is 7. The Morgan fingerprint density at radius 1 is 1.00 bits per heavy atom. The minimum atomic E-state index is -2.49. The normalized spacial score (nSPS) is 30.6. The van der Waals surface area contributed by atoms with E-state index < -0.39 is 30.1 Å². The molecule has 0 aromatic carbocycles. The van der Waals surface area contributed by atoms with Crippen LogP contribution in [0.15, 0.2) is 0 Å². The van der Waals surface area contributed by atoms with E-state index in [-0.39, 0.29) is 0 Å². The van der Waals surface area contributed by atoms with Crippen LogP contribution in [0, 0.1) is 0 Å². The molecular weight excluding hydrogens is 228 g/mol. The van der Waals surface area contributed by atoms with E-state index in [9.17, 15) is 8.92 Å².